The summed E-state index contributed by atoms with van der Waals surface area (Å²) in [5.74, 6) is -4.70. The molecule has 4 amide bonds. The molecule has 0 aliphatic rings. The summed E-state index contributed by atoms with van der Waals surface area (Å²) in [5, 5.41) is 17.1. The Labute approximate surface area is 217 Å². The highest BCUT2D eigenvalue weighted by Crippen LogP contribution is 2.12. The summed E-state index contributed by atoms with van der Waals surface area (Å²) < 4.78 is 0. The van der Waals surface area contributed by atoms with Gasteiger partial charge in [0.25, 0.3) is 0 Å². The first kappa shape index (κ1) is 33.6. The summed E-state index contributed by atoms with van der Waals surface area (Å²) in [6.45, 7) is 7.32. The van der Waals surface area contributed by atoms with Crippen molar-refractivity contribution < 1.29 is 29.1 Å². The third kappa shape index (κ3) is 12.9. The van der Waals surface area contributed by atoms with Gasteiger partial charge in [-0.2, -0.15) is 0 Å². The molecule has 0 aromatic heterocycles. The topological polar surface area (TPSA) is 258 Å². The molecule has 0 spiro atoms. The number of aliphatic carboxylic acids is 1. The lowest BCUT2D eigenvalue weighted by molar-refractivity contribution is -0.144. The van der Waals surface area contributed by atoms with Crippen LogP contribution >= 0.6 is 0 Å². The molecule has 0 aliphatic heterocycles. The van der Waals surface area contributed by atoms with E-state index in [-0.39, 0.29) is 37.1 Å². The Bertz CT molecular complexity index is 817. The zero-order valence-electron chi connectivity index (χ0n) is 22.2. The third-order valence-electron chi connectivity index (χ3n) is 6.19. The summed E-state index contributed by atoms with van der Waals surface area (Å²) in [5.41, 5.74) is 21.7. The molecule has 37 heavy (non-hydrogen) atoms. The number of amides is 4. The van der Waals surface area contributed by atoms with Crippen LogP contribution in [0.2, 0.25) is 0 Å². The lowest BCUT2D eigenvalue weighted by atomic mass is 9.96. The van der Waals surface area contributed by atoms with Crippen LogP contribution in [-0.4, -0.2) is 71.4 Å². The first-order chi connectivity index (χ1) is 17.2. The number of nitrogens with zero attached hydrogens (tertiary/aromatic N) is 1. The molecule has 0 bridgehead atoms. The zero-order valence-corrected chi connectivity index (χ0v) is 22.2. The standard InChI is InChI=1S/C23H44N8O6/c1-5-12(3)17(30-19(33)14(24)8-7-11-28-23(26)27)21(35)29-15(9-10-16(25)32)20(34)31-18(22(36)37)13(4)6-2/h12-15,17-18H,5-11,24H2,1-4H3,(H2,25,32)(H,29,35)(H,30,33)(H,31,34)(H,36,37)(H4,26,27,28). The van der Waals surface area contributed by atoms with Crippen LogP contribution in [0.5, 0.6) is 0 Å². The number of carbonyl (C=O) groups is 5. The van der Waals surface area contributed by atoms with E-state index in [0.29, 0.717) is 25.8 Å². The quantitative estimate of drug-likeness (QED) is 0.0569. The van der Waals surface area contributed by atoms with E-state index in [2.05, 4.69) is 20.9 Å². The van der Waals surface area contributed by atoms with Crippen molar-refractivity contribution in [3.8, 4) is 0 Å². The Morgan fingerprint density at radius 3 is 1.84 bits per heavy atom. The maximum absolute atomic E-state index is 13.2. The maximum Gasteiger partial charge on any atom is 0.326 e. The Morgan fingerprint density at radius 1 is 0.811 bits per heavy atom. The highest BCUT2D eigenvalue weighted by Gasteiger charge is 2.33. The molecule has 0 saturated heterocycles. The fourth-order valence-corrected chi connectivity index (χ4v) is 3.37. The third-order valence-corrected chi connectivity index (χ3v) is 6.19. The highest BCUT2D eigenvalue weighted by molar-refractivity contribution is 5.94. The molecule has 212 valence electrons. The van der Waals surface area contributed by atoms with Crippen LogP contribution in [0.4, 0.5) is 0 Å². The van der Waals surface area contributed by atoms with E-state index >= 15 is 0 Å². The van der Waals surface area contributed by atoms with Gasteiger partial charge in [-0.05, 0) is 31.1 Å². The molecule has 12 N–H and O–H groups in total. The largest absolute Gasteiger partial charge is 0.480 e. The van der Waals surface area contributed by atoms with E-state index in [1.54, 1.807) is 20.8 Å². The number of carbonyl (C=O) groups excluding carboxylic acids is 4. The predicted octanol–water partition coefficient (Wildman–Crippen LogP) is -1.74. The lowest BCUT2D eigenvalue weighted by Gasteiger charge is -2.28. The van der Waals surface area contributed by atoms with E-state index in [0.717, 1.165) is 0 Å². The minimum atomic E-state index is -1.25. The van der Waals surface area contributed by atoms with Crippen molar-refractivity contribution in [3.63, 3.8) is 0 Å². The summed E-state index contributed by atoms with van der Waals surface area (Å²) in [4.78, 5) is 65.6. The lowest BCUT2D eigenvalue weighted by Crippen LogP contribution is -2.59. The number of carboxylic acids is 1. The zero-order chi connectivity index (χ0) is 28.7. The highest BCUT2D eigenvalue weighted by atomic mass is 16.4. The van der Waals surface area contributed by atoms with Gasteiger partial charge in [0.15, 0.2) is 5.96 Å². The molecule has 0 radical (unpaired) electrons. The van der Waals surface area contributed by atoms with Crippen molar-refractivity contribution >= 4 is 35.6 Å². The van der Waals surface area contributed by atoms with Gasteiger partial charge in [0.05, 0.1) is 6.04 Å². The van der Waals surface area contributed by atoms with Gasteiger partial charge in [-0.1, -0.05) is 40.5 Å². The number of hydrogen-bond donors (Lipinski definition) is 8. The predicted molar refractivity (Wildman–Crippen MR) is 139 cm³/mol. The van der Waals surface area contributed by atoms with E-state index < -0.39 is 53.8 Å². The molecule has 0 aromatic rings. The van der Waals surface area contributed by atoms with Crippen molar-refractivity contribution in [2.75, 3.05) is 6.54 Å². The number of nitrogens with one attached hydrogen (secondary N) is 3. The van der Waals surface area contributed by atoms with Crippen LogP contribution in [0, 0.1) is 11.8 Å². The molecular formula is C23H44N8O6. The Hall–Kier alpha value is -3.42. The van der Waals surface area contributed by atoms with Crippen LogP contribution in [0.15, 0.2) is 4.99 Å². The van der Waals surface area contributed by atoms with E-state index in [4.69, 9.17) is 22.9 Å². The minimum absolute atomic E-state index is 0.0692. The average Bonchev–Trinajstić information content (AvgIpc) is 2.83. The molecule has 0 heterocycles. The van der Waals surface area contributed by atoms with Crippen molar-refractivity contribution in [1.29, 1.82) is 0 Å². The minimum Gasteiger partial charge on any atom is -0.480 e. The van der Waals surface area contributed by atoms with Crippen LogP contribution in [-0.2, 0) is 24.0 Å². The van der Waals surface area contributed by atoms with Crippen molar-refractivity contribution in [2.24, 2.45) is 39.8 Å². The summed E-state index contributed by atoms with van der Waals surface area (Å²) in [6, 6.07) is -4.39. The molecule has 0 aromatic carbocycles. The van der Waals surface area contributed by atoms with Gasteiger partial charge in [-0.15, -0.1) is 0 Å². The molecule has 0 rings (SSSR count). The SMILES string of the molecule is CCC(C)C(NC(=O)C(CCC(N)=O)NC(=O)C(NC(=O)C(N)CCCN=C(N)N)C(C)CC)C(=O)O. The van der Waals surface area contributed by atoms with Crippen LogP contribution in [0.1, 0.15) is 66.2 Å². The second-order valence-electron chi connectivity index (χ2n) is 9.20. The van der Waals surface area contributed by atoms with Gasteiger partial charge in [-0.3, -0.25) is 24.2 Å². The molecule has 0 fully saturated rings. The molecular weight excluding hydrogens is 484 g/mol. The molecule has 6 unspecified atom stereocenters. The monoisotopic (exact) mass is 528 g/mol. The number of aliphatic imine (C=N–C) groups is 1. The number of primary amides is 1. The van der Waals surface area contributed by atoms with Crippen molar-refractivity contribution in [1.82, 2.24) is 16.0 Å². The van der Waals surface area contributed by atoms with Gasteiger partial charge in [-0.25, -0.2) is 4.79 Å². The maximum atomic E-state index is 13.2. The number of hydrogen-bond acceptors (Lipinski definition) is 7. The molecule has 6 atom stereocenters. The Kier molecular flexibility index (Phi) is 15.5. The van der Waals surface area contributed by atoms with Crippen molar-refractivity contribution in [3.05, 3.63) is 0 Å². The summed E-state index contributed by atoms with van der Waals surface area (Å²) in [7, 11) is 0. The molecule has 0 saturated carbocycles. The van der Waals surface area contributed by atoms with E-state index in [1.807, 2.05) is 6.92 Å². The second kappa shape index (κ2) is 17.1. The van der Waals surface area contributed by atoms with Gasteiger partial charge < -0.3 is 44.0 Å². The van der Waals surface area contributed by atoms with Crippen LogP contribution in [0.3, 0.4) is 0 Å². The van der Waals surface area contributed by atoms with E-state index in [9.17, 15) is 29.1 Å². The van der Waals surface area contributed by atoms with Gasteiger partial charge >= 0.3 is 5.97 Å². The number of nitrogens with two attached hydrogens (primary N) is 4. The van der Waals surface area contributed by atoms with Gasteiger partial charge in [0.2, 0.25) is 23.6 Å². The fraction of sp³-hybridized carbons (Fsp3) is 0.739. The normalized spacial score (nSPS) is 15.7. The second-order valence-corrected chi connectivity index (χ2v) is 9.20. The Morgan fingerprint density at radius 2 is 1.35 bits per heavy atom. The molecule has 0 aliphatic carbocycles. The molecule has 14 nitrogen and oxygen atoms in total. The number of rotatable bonds is 18. The average molecular weight is 529 g/mol. The summed E-state index contributed by atoms with van der Waals surface area (Å²) >= 11 is 0. The van der Waals surface area contributed by atoms with Crippen LogP contribution < -0.4 is 38.9 Å². The van der Waals surface area contributed by atoms with Crippen LogP contribution in [0.25, 0.3) is 0 Å². The van der Waals surface area contributed by atoms with Gasteiger partial charge in [0.1, 0.15) is 18.1 Å². The first-order valence-corrected chi connectivity index (χ1v) is 12.5. The molecule has 14 heteroatoms. The number of guanidine groups is 1. The van der Waals surface area contributed by atoms with Gasteiger partial charge in [0, 0.05) is 13.0 Å². The summed E-state index contributed by atoms with van der Waals surface area (Å²) in [6.07, 6.45) is 1.36. The fourth-order valence-electron chi connectivity index (χ4n) is 3.37. The number of carboxylic acid groups (broad SMARTS) is 1. The van der Waals surface area contributed by atoms with Crippen molar-refractivity contribution in [2.45, 2.75) is 90.4 Å². The Balaban J connectivity index is 5.56. The van der Waals surface area contributed by atoms with E-state index in [1.165, 1.54) is 0 Å². The smallest absolute Gasteiger partial charge is 0.326 e. The first-order valence-electron chi connectivity index (χ1n) is 12.5.